The largest absolute Gasteiger partial charge is 0.342 e. The summed E-state index contributed by atoms with van der Waals surface area (Å²) in [6.07, 6.45) is 6.07. The molecule has 1 atom stereocenters. The summed E-state index contributed by atoms with van der Waals surface area (Å²) in [6.45, 7) is 5.07. The Kier molecular flexibility index (Phi) is 5.16. The number of benzene rings is 1. The van der Waals surface area contributed by atoms with E-state index < -0.39 is 0 Å². The van der Waals surface area contributed by atoms with E-state index in [9.17, 15) is 9.59 Å². The quantitative estimate of drug-likeness (QED) is 0.824. The molecule has 146 valence electrons. The van der Waals surface area contributed by atoms with Crippen molar-refractivity contribution in [1.82, 2.24) is 14.8 Å². The fourth-order valence-corrected chi connectivity index (χ4v) is 4.72. The summed E-state index contributed by atoms with van der Waals surface area (Å²) < 4.78 is 0. The van der Waals surface area contributed by atoms with E-state index >= 15 is 0 Å². The minimum Gasteiger partial charge on any atom is -0.342 e. The maximum atomic E-state index is 13.0. The SMILES string of the molecule is CCN1CC2(CCN(C(=O)c3cccnc3)CC2)CC(c2ccccc2)C1=O. The average molecular weight is 377 g/mol. The van der Waals surface area contributed by atoms with Crippen LogP contribution in [0.5, 0.6) is 0 Å². The monoisotopic (exact) mass is 377 g/mol. The third kappa shape index (κ3) is 3.53. The standard InChI is InChI=1S/C23H27N3O2/c1-2-25-17-23(15-20(22(25)28)18-7-4-3-5-8-18)10-13-26(14-11-23)21(27)19-9-6-12-24-16-19/h3-9,12,16,20H,2,10-11,13-15,17H2,1H3. The summed E-state index contributed by atoms with van der Waals surface area (Å²) in [4.78, 5) is 33.8. The Labute approximate surface area is 166 Å². The number of pyridine rings is 1. The molecular formula is C23H27N3O2. The van der Waals surface area contributed by atoms with Gasteiger partial charge in [0.25, 0.3) is 5.91 Å². The highest BCUT2D eigenvalue weighted by molar-refractivity contribution is 5.94. The summed E-state index contributed by atoms with van der Waals surface area (Å²) in [5.74, 6) is 0.227. The Morgan fingerprint density at radius 2 is 1.89 bits per heavy atom. The minimum absolute atomic E-state index is 0.0572. The van der Waals surface area contributed by atoms with E-state index in [1.54, 1.807) is 18.5 Å². The Morgan fingerprint density at radius 1 is 1.14 bits per heavy atom. The van der Waals surface area contributed by atoms with Crippen molar-refractivity contribution in [3.63, 3.8) is 0 Å². The van der Waals surface area contributed by atoms with Gasteiger partial charge in [-0.3, -0.25) is 14.6 Å². The molecule has 0 radical (unpaired) electrons. The Bertz CT molecular complexity index is 829. The van der Waals surface area contributed by atoms with E-state index in [1.807, 2.05) is 34.1 Å². The van der Waals surface area contributed by atoms with Gasteiger partial charge in [-0.25, -0.2) is 0 Å². The molecule has 0 saturated carbocycles. The highest BCUT2D eigenvalue weighted by Gasteiger charge is 2.46. The maximum absolute atomic E-state index is 13.0. The fraction of sp³-hybridized carbons (Fsp3) is 0.435. The molecule has 0 aliphatic carbocycles. The van der Waals surface area contributed by atoms with Crippen LogP contribution in [0.25, 0.3) is 0 Å². The molecule has 4 rings (SSSR count). The van der Waals surface area contributed by atoms with Gasteiger partial charge in [-0.1, -0.05) is 30.3 Å². The first-order valence-corrected chi connectivity index (χ1v) is 10.1. The number of piperidine rings is 2. The number of hydrogen-bond donors (Lipinski definition) is 0. The van der Waals surface area contributed by atoms with Gasteiger partial charge >= 0.3 is 0 Å². The Morgan fingerprint density at radius 3 is 2.54 bits per heavy atom. The third-order valence-electron chi connectivity index (χ3n) is 6.38. The first-order chi connectivity index (χ1) is 13.6. The average Bonchev–Trinajstić information content (AvgIpc) is 2.76. The van der Waals surface area contributed by atoms with Gasteiger partial charge in [0.2, 0.25) is 5.91 Å². The molecule has 28 heavy (non-hydrogen) atoms. The van der Waals surface area contributed by atoms with Crippen LogP contribution in [0.4, 0.5) is 0 Å². The van der Waals surface area contributed by atoms with Gasteiger partial charge < -0.3 is 9.80 Å². The van der Waals surface area contributed by atoms with Crippen molar-refractivity contribution in [3.05, 3.63) is 66.0 Å². The lowest BCUT2D eigenvalue weighted by Crippen LogP contribution is -2.54. The van der Waals surface area contributed by atoms with Crippen molar-refractivity contribution in [2.45, 2.75) is 32.1 Å². The lowest BCUT2D eigenvalue weighted by atomic mass is 9.67. The number of carbonyl (C=O) groups excluding carboxylic acids is 2. The van der Waals surface area contributed by atoms with Crippen LogP contribution in [0.3, 0.4) is 0 Å². The van der Waals surface area contributed by atoms with Crippen LogP contribution in [-0.4, -0.2) is 52.8 Å². The topological polar surface area (TPSA) is 53.5 Å². The van der Waals surface area contributed by atoms with Gasteiger partial charge in [-0.2, -0.15) is 0 Å². The second-order valence-corrected chi connectivity index (χ2v) is 8.05. The van der Waals surface area contributed by atoms with Crippen LogP contribution in [0.1, 0.15) is 48.0 Å². The molecule has 2 saturated heterocycles. The predicted octanol–water partition coefficient (Wildman–Crippen LogP) is 3.34. The lowest BCUT2D eigenvalue weighted by molar-refractivity contribution is -0.141. The first-order valence-electron chi connectivity index (χ1n) is 10.1. The summed E-state index contributed by atoms with van der Waals surface area (Å²) in [5, 5.41) is 0. The normalized spacial score (nSPS) is 21.8. The van der Waals surface area contributed by atoms with Gasteiger partial charge in [-0.05, 0) is 49.3 Å². The van der Waals surface area contributed by atoms with E-state index in [0.29, 0.717) is 5.56 Å². The summed E-state index contributed by atoms with van der Waals surface area (Å²) >= 11 is 0. The number of likely N-dealkylation sites (tertiary alicyclic amines) is 2. The van der Waals surface area contributed by atoms with E-state index in [1.165, 1.54) is 0 Å². The summed E-state index contributed by atoms with van der Waals surface area (Å²) in [7, 11) is 0. The van der Waals surface area contributed by atoms with Crippen molar-refractivity contribution in [2.75, 3.05) is 26.2 Å². The highest BCUT2D eigenvalue weighted by atomic mass is 16.2. The van der Waals surface area contributed by atoms with Gasteiger partial charge in [0.05, 0.1) is 11.5 Å². The van der Waals surface area contributed by atoms with Crippen molar-refractivity contribution in [1.29, 1.82) is 0 Å². The zero-order valence-electron chi connectivity index (χ0n) is 16.4. The first kappa shape index (κ1) is 18.7. The van der Waals surface area contributed by atoms with E-state index in [4.69, 9.17) is 0 Å². The smallest absolute Gasteiger partial charge is 0.255 e. The molecule has 5 heteroatoms. The second kappa shape index (κ2) is 7.74. The summed E-state index contributed by atoms with van der Waals surface area (Å²) in [6, 6.07) is 13.8. The second-order valence-electron chi connectivity index (χ2n) is 8.05. The predicted molar refractivity (Wildman–Crippen MR) is 108 cm³/mol. The zero-order chi connectivity index (χ0) is 19.6. The van der Waals surface area contributed by atoms with Crippen LogP contribution in [-0.2, 0) is 4.79 Å². The molecule has 1 unspecified atom stereocenters. The molecule has 2 aliphatic rings. The van der Waals surface area contributed by atoms with Gasteiger partial charge in [0.1, 0.15) is 0 Å². The van der Waals surface area contributed by atoms with Gasteiger partial charge in [-0.15, -0.1) is 0 Å². The number of carbonyl (C=O) groups is 2. The Hall–Kier alpha value is -2.69. The van der Waals surface area contributed by atoms with Gasteiger partial charge in [0.15, 0.2) is 0 Å². The molecule has 5 nitrogen and oxygen atoms in total. The number of hydrogen-bond acceptors (Lipinski definition) is 3. The van der Waals surface area contributed by atoms with Crippen LogP contribution in [0.15, 0.2) is 54.9 Å². The van der Waals surface area contributed by atoms with Crippen LogP contribution < -0.4 is 0 Å². The molecule has 0 bridgehead atoms. The molecule has 1 aromatic carbocycles. The van der Waals surface area contributed by atoms with Crippen molar-refractivity contribution < 1.29 is 9.59 Å². The molecule has 1 spiro atoms. The Balaban J connectivity index is 1.50. The molecule has 2 aliphatic heterocycles. The van der Waals surface area contributed by atoms with Crippen LogP contribution in [0.2, 0.25) is 0 Å². The van der Waals surface area contributed by atoms with Crippen LogP contribution in [0, 0.1) is 5.41 Å². The third-order valence-corrected chi connectivity index (χ3v) is 6.38. The number of amides is 2. The summed E-state index contributed by atoms with van der Waals surface area (Å²) in [5.41, 5.74) is 1.85. The minimum atomic E-state index is -0.0736. The van der Waals surface area contributed by atoms with Crippen molar-refractivity contribution in [2.24, 2.45) is 5.41 Å². The molecule has 3 heterocycles. The van der Waals surface area contributed by atoms with E-state index in [2.05, 4.69) is 24.0 Å². The van der Waals surface area contributed by atoms with Crippen molar-refractivity contribution >= 4 is 11.8 Å². The molecule has 0 N–H and O–H groups in total. The fourth-order valence-electron chi connectivity index (χ4n) is 4.72. The number of rotatable bonds is 3. The van der Waals surface area contributed by atoms with Gasteiger partial charge in [0, 0.05) is 38.6 Å². The number of nitrogens with zero attached hydrogens (tertiary/aromatic N) is 3. The van der Waals surface area contributed by atoms with Crippen molar-refractivity contribution in [3.8, 4) is 0 Å². The molecule has 2 aromatic rings. The highest BCUT2D eigenvalue weighted by Crippen LogP contribution is 2.45. The lowest BCUT2D eigenvalue weighted by Gasteiger charge is -2.49. The van der Waals surface area contributed by atoms with E-state index in [-0.39, 0.29) is 23.1 Å². The van der Waals surface area contributed by atoms with E-state index in [0.717, 1.165) is 51.0 Å². The molecular weight excluding hydrogens is 350 g/mol. The number of likely N-dealkylation sites (N-methyl/N-ethyl adjacent to an activating group) is 1. The zero-order valence-corrected chi connectivity index (χ0v) is 16.4. The molecule has 2 fully saturated rings. The number of aromatic nitrogens is 1. The maximum Gasteiger partial charge on any atom is 0.255 e. The molecule has 2 amide bonds. The molecule has 1 aromatic heterocycles. The van der Waals surface area contributed by atoms with Crippen LogP contribution >= 0.6 is 0 Å².